The molecule has 2 heterocycles. The molecule has 4 nitrogen and oxygen atoms in total. The third-order valence-corrected chi connectivity index (χ3v) is 5.27. The second-order valence-corrected chi connectivity index (χ2v) is 6.71. The molecule has 3 rings (SSSR count). The summed E-state index contributed by atoms with van der Waals surface area (Å²) in [5.74, 6) is 0.131. The second kappa shape index (κ2) is 5.76. The number of hydrogen-bond donors (Lipinski definition) is 1. The molecule has 21 heavy (non-hydrogen) atoms. The fraction of sp³-hybridized carbons (Fsp3) is 0.647. The largest absolute Gasteiger partial charge is 0.393 e. The van der Waals surface area contributed by atoms with Crippen molar-refractivity contribution in [2.75, 3.05) is 13.1 Å². The summed E-state index contributed by atoms with van der Waals surface area (Å²) in [4.78, 5) is 18.7. The predicted molar refractivity (Wildman–Crippen MR) is 81.0 cm³/mol. The summed E-state index contributed by atoms with van der Waals surface area (Å²) in [6, 6.07) is 3.67. The van der Waals surface area contributed by atoms with Crippen molar-refractivity contribution >= 4 is 5.91 Å². The van der Waals surface area contributed by atoms with Crippen molar-refractivity contribution < 1.29 is 9.90 Å². The molecule has 1 N–H and O–H groups in total. The van der Waals surface area contributed by atoms with E-state index in [2.05, 4.69) is 4.98 Å². The van der Waals surface area contributed by atoms with Gasteiger partial charge in [-0.3, -0.25) is 9.78 Å². The van der Waals surface area contributed by atoms with E-state index in [-0.39, 0.29) is 12.0 Å². The van der Waals surface area contributed by atoms with Crippen LogP contribution in [0.2, 0.25) is 0 Å². The van der Waals surface area contributed by atoms with Crippen molar-refractivity contribution in [3.63, 3.8) is 0 Å². The first kappa shape index (κ1) is 14.5. The van der Waals surface area contributed by atoms with Gasteiger partial charge in [0.25, 0.3) is 5.91 Å². The van der Waals surface area contributed by atoms with Gasteiger partial charge in [-0.2, -0.15) is 0 Å². The first-order valence-corrected chi connectivity index (χ1v) is 7.98. The summed E-state index contributed by atoms with van der Waals surface area (Å²) in [6.07, 6.45) is 7.85. The van der Waals surface area contributed by atoms with Gasteiger partial charge in [0, 0.05) is 30.5 Å². The highest BCUT2D eigenvalue weighted by Crippen LogP contribution is 2.44. The lowest BCUT2D eigenvalue weighted by Gasteiger charge is -2.45. The van der Waals surface area contributed by atoms with E-state index in [0.29, 0.717) is 5.41 Å². The van der Waals surface area contributed by atoms with Gasteiger partial charge in [0.15, 0.2) is 0 Å². The minimum absolute atomic E-state index is 0.102. The van der Waals surface area contributed by atoms with Gasteiger partial charge in [-0.05, 0) is 63.0 Å². The number of aliphatic hydroxyl groups excluding tert-OH is 1. The Hall–Kier alpha value is -1.42. The number of aromatic nitrogens is 1. The number of aryl methyl sites for hydroxylation is 1. The number of amides is 1. The molecule has 0 unspecified atom stereocenters. The third-order valence-electron chi connectivity index (χ3n) is 5.27. The molecule has 1 aromatic rings. The molecule has 1 aromatic heterocycles. The van der Waals surface area contributed by atoms with E-state index >= 15 is 0 Å². The summed E-state index contributed by atoms with van der Waals surface area (Å²) in [5, 5.41) is 9.67. The molecule has 1 amide bonds. The molecular weight excluding hydrogens is 264 g/mol. The van der Waals surface area contributed by atoms with Crippen molar-refractivity contribution in [3.8, 4) is 0 Å². The number of aliphatic hydroxyl groups is 1. The fourth-order valence-corrected chi connectivity index (χ4v) is 3.76. The highest BCUT2D eigenvalue weighted by atomic mass is 16.3. The molecule has 0 radical (unpaired) electrons. The van der Waals surface area contributed by atoms with Crippen LogP contribution >= 0.6 is 0 Å². The van der Waals surface area contributed by atoms with E-state index < -0.39 is 0 Å². The number of carbonyl (C=O) groups excluding carboxylic acids is 1. The SMILES string of the molecule is Cc1cc(C(=O)N2CCC3(CCC(O)CC3)CC2)ccn1. The number of rotatable bonds is 1. The van der Waals surface area contributed by atoms with Crippen LogP contribution < -0.4 is 0 Å². The Labute approximate surface area is 126 Å². The van der Waals surface area contributed by atoms with Gasteiger partial charge in [-0.15, -0.1) is 0 Å². The smallest absolute Gasteiger partial charge is 0.253 e. The van der Waals surface area contributed by atoms with E-state index in [1.807, 2.05) is 17.9 Å². The van der Waals surface area contributed by atoms with Crippen LogP contribution in [0.4, 0.5) is 0 Å². The van der Waals surface area contributed by atoms with Crippen LogP contribution in [0, 0.1) is 12.3 Å². The lowest BCUT2D eigenvalue weighted by molar-refractivity contribution is 0.0168. The molecule has 4 heteroatoms. The molecule has 1 aliphatic carbocycles. The molecule has 2 fully saturated rings. The highest BCUT2D eigenvalue weighted by molar-refractivity contribution is 5.94. The van der Waals surface area contributed by atoms with Gasteiger partial charge in [-0.1, -0.05) is 0 Å². The summed E-state index contributed by atoms with van der Waals surface area (Å²) >= 11 is 0. The van der Waals surface area contributed by atoms with E-state index in [9.17, 15) is 9.90 Å². The van der Waals surface area contributed by atoms with Gasteiger partial charge >= 0.3 is 0 Å². The molecule has 114 valence electrons. The van der Waals surface area contributed by atoms with Crippen molar-refractivity contribution in [1.29, 1.82) is 0 Å². The molecule has 1 saturated carbocycles. The molecular formula is C17H24N2O2. The Morgan fingerprint density at radius 3 is 2.57 bits per heavy atom. The molecule has 1 saturated heterocycles. The first-order chi connectivity index (χ1) is 10.1. The number of likely N-dealkylation sites (tertiary alicyclic amines) is 1. The average molecular weight is 288 g/mol. The van der Waals surface area contributed by atoms with Crippen LogP contribution in [0.15, 0.2) is 18.3 Å². The maximum absolute atomic E-state index is 12.5. The Kier molecular flexibility index (Phi) is 3.98. The van der Waals surface area contributed by atoms with Crippen molar-refractivity contribution in [2.45, 2.75) is 51.6 Å². The van der Waals surface area contributed by atoms with Gasteiger partial charge in [0.1, 0.15) is 0 Å². The number of carbonyl (C=O) groups is 1. The Morgan fingerprint density at radius 2 is 1.95 bits per heavy atom. The van der Waals surface area contributed by atoms with Crippen molar-refractivity contribution in [3.05, 3.63) is 29.6 Å². The fourth-order valence-electron chi connectivity index (χ4n) is 3.76. The summed E-state index contributed by atoms with van der Waals surface area (Å²) < 4.78 is 0. The predicted octanol–water partition coefficient (Wildman–Crippen LogP) is 2.55. The van der Waals surface area contributed by atoms with Crippen LogP contribution in [0.3, 0.4) is 0 Å². The second-order valence-electron chi connectivity index (χ2n) is 6.71. The average Bonchev–Trinajstić information content (AvgIpc) is 2.51. The molecule has 1 spiro atoms. The Bertz CT molecular complexity index is 511. The van der Waals surface area contributed by atoms with Gasteiger partial charge in [0.05, 0.1) is 6.10 Å². The molecule has 2 aliphatic rings. The maximum Gasteiger partial charge on any atom is 0.253 e. The van der Waals surface area contributed by atoms with Crippen LogP contribution in [-0.4, -0.2) is 40.1 Å². The van der Waals surface area contributed by atoms with E-state index in [0.717, 1.165) is 62.9 Å². The molecule has 0 bridgehead atoms. The summed E-state index contributed by atoms with van der Waals surface area (Å²) in [7, 11) is 0. The summed E-state index contributed by atoms with van der Waals surface area (Å²) in [6.45, 7) is 3.60. The zero-order valence-electron chi connectivity index (χ0n) is 12.7. The molecule has 0 atom stereocenters. The topological polar surface area (TPSA) is 53.4 Å². The van der Waals surface area contributed by atoms with E-state index in [4.69, 9.17) is 0 Å². The van der Waals surface area contributed by atoms with Crippen LogP contribution in [0.1, 0.15) is 54.6 Å². The lowest BCUT2D eigenvalue weighted by Crippen LogP contribution is -2.45. The number of nitrogens with zero attached hydrogens (tertiary/aromatic N) is 2. The van der Waals surface area contributed by atoms with Crippen LogP contribution in [0.5, 0.6) is 0 Å². The highest BCUT2D eigenvalue weighted by Gasteiger charge is 2.38. The van der Waals surface area contributed by atoms with E-state index in [1.54, 1.807) is 12.3 Å². The summed E-state index contributed by atoms with van der Waals surface area (Å²) in [5.41, 5.74) is 2.01. The maximum atomic E-state index is 12.5. The van der Waals surface area contributed by atoms with Crippen LogP contribution in [-0.2, 0) is 0 Å². The van der Waals surface area contributed by atoms with Gasteiger partial charge in [0.2, 0.25) is 0 Å². The number of piperidine rings is 1. The third kappa shape index (κ3) is 3.10. The monoisotopic (exact) mass is 288 g/mol. The molecule has 0 aromatic carbocycles. The van der Waals surface area contributed by atoms with Crippen molar-refractivity contribution in [2.24, 2.45) is 5.41 Å². The Morgan fingerprint density at radius 1 is 1.29 bits per heavy atom. The normalized spacial score (nSPS) is 22.5. The standard InChI is InChI=1S/C17H24N2O2/c1-13-12-14(4-9-18-13)16(21)19-10-7-17(8-11-19)5-2-15(20)3-6-17/h4,9,12,15,20H,2-3,5-8,10-11H2,1H3. The lowest BCUT2D eigenvalue weighted by atomic mass is 9.67. The minimum Gasteiger partial charge on any atom is -0.393 e. The first-order valence-electron chi connectivity index (χ1n) is 7.98. The number of hydrogen-bond acceptors (Lipinski definition) is 3. The van der Waals surface area contributed by atoms with Gasteiger partial charge in [-0.25, -0.2) is 0 Å². The number of pyridine rings is 1. The minimum atomic E-state index is -0.102. The molecule has 1 aliphatic heterocycles. The van der Waals surface area contributed by atoms with E-state index in [1.165, 1.54) is 0 Å². The zero-order valence-corrected chi connectivity index (χ0v) is 12.7. The quantitative estimate of drug-likeness (QED) is 0.864. The Balaban J connectivity index is 1.62. The zero-order chi connectivity index (χ0) is 14.9. The van der Waals surface area contributed by atoms with Gasteiger partial charge < -0.3 is 10.0 Å². The van der Waals surface area contributed by atoms with Crippen molar-refractivity contribution in [1.82, 2.24) is 9.88 Å². The van der Waals surface area contributed by atoms with Crippen LogP contribution in [0.25, 0.3) is 0 Å².